The summed E-state index contributed by atoms with van der Waals surface area (Å²) in [7, 11) is 0. The molecule has 2 heterocycles. The van der Waals surface area contributed by atoms with E-state index in [4.69, 9.17) is 17.0 Å². The molecule has 0 fully saturated rings. The van der Waals surface area contributed by atoms with E-state index in [0.29, 0.717) is 15.8 Å². The molecule has 0 spiro atoms. The summed E-state index contributed by atoms with van der Waals surface area (Å²) in [5.74, 6) is 0. The van der Waals surface area contributed by atoms with Crippen molar-refractivity contribution in [1.82, 2.24) is 19.5 Å². The molecule has 0 saturated heterocycles. The number of nitrogens with one attached hydrogen (secondary N) is 1. The predicted octanol–water partition coefficient (Wildman–Crippen LogP) is 1.59. The maximum atomic E-state index is 9.39. The number of aromatic nitrogens is 4. The minimum absolute atomic E-state index is 0.146. The van der Waals surface area contributed by atoms with Gasteiger partial charge in [0, 0.05) is 0 Å². The van der Waals surface area contributed by atoms with Crippen LogP contribution in [0.4, 0.5) is 0 Å². The van der Waals surface area contributed by atoms with E-state index in [1.807, 2.05) is 30.3 Å². The van der Waals surface area contributed by atoms with Gasteiger partial charge in [-0.05, 0) is 12.1 Å². The lowest BCUT2D eigenvalue weighted by molar-refractivity contribution is 0.169. The number of para-hydroxylation sites is 1. The summed E-state index contributed by atoms with van der Waals surface area (Å²) < 4.78 is 2.09. The Kier molecular flexibility index (Phi) is 2.31. The number of benzene rings is 1. The molecule has 1 aromatic carbocycles. The zero-order valence-corrected chi connectivity index (χ0v) is 9.83. The van der Waals surface area contributed by atoms with E-state index in [2.05, 4.69) is 10.1 Å². The van der Waals surface area contributed by atoms with E-state index in [-0.39, 0.29) is 10.6 Å². The molecule has 0 amide bonds. The van der Waals surface area contributed by atoms with Crippen molar-refractivity contribution >= 4 is 22.6 Å². The average Bonchev–Trinajstić information content (AvgIpc) is 2.73. The third kappa shape index (κ3) is 1.46. The van der Waals surface area contributed by atoms with Gasteiger partial charge in [-0.15, -0.1) is 5.10 Å². The fourth-order valence-electron chi connectivity index (χ4n) is 1.70. The van der Waals surface area contributed by atoms with E-state index >= 15 is 0 Å². The molecule has 2 aromatic heterocycles. The van der Waals surface area contributed by atoms with Crippen molar-refractivity contribution in [2.45, 2.75) is 0 Å². The van der Waals surface area contributed by atoms with Gasteiger partial charge < -0.3 is 5.21 Å². The Balaban J connectivity index is 2.37. The van der Waals surface area contributed by atoms with Crippen LogP contribution in [-0.2, 0) is 0 Å². The molecule has 90 valence electrons. The highest BCUT2D eigenvalue weighted by molar-refractivity contribution is 6.34. The van der Waals surface area contributed by atoms with Gasteiger partial charge in [0.2, 0.25) is 0 Å². The fraction of sp³-hybridized carbons (Fsp3) is 0. The minimum Gasteiger partial charge on any atom is -0.425 e. The molecule has 0 radical (unpaired) electrons. The van der Waals surface area contributed by atoms with Gasteiger partial charge in [-0.3, -0.25) is 5.41 Å². The van der Waals surface area contributed by atoms with Crippen LogP contribution in [0.5, 0.6) is 0 Å². The first kappa shape index (κ1) is 10.8. The summed E-state index contributed by atoms with van der Waals surface area (Å²) in [4.78, 5) is 3.93. The molecule has 3 aromatic rings. The molecule has 2 N–H and O–H groups in total. The monoisotopic (exact) mass is 261 g/mol. The topological polar surface area (TPSA) is 79.7 Å². The summed E-state index contributed by atoms with van der Waals surface area (Å²) in [6.07, 6.45) is 1.11. The van der Waals surface area contributed by atoms with Crippen LogP contribution in [0.2, 0.25) is 5.15 Å². The zero-order chi connectivity index (χ0) is 12.7. The standard InChI is InChI=1S/C11H8ClN5O/c12-9-8-10(13)16(18)6-14-11(8)15-17(9)7-4-2-1-3-5-7/h1-6,13,18H. The molecule has 0 atom stereocenters. The van der Waals surface area contributed by atoms with Gasteiger partial charge in [0.1, 0.15) is 16.9 Å². The molecule has 0 unspecified atom stereocenters. The van der Waals surface area contributed by atoms with E-state index in [9.17, 15) is 5.21 Å². The van der Waals surface area contributed by atoms with E-state index in [1.165, 1.54) is 4.68 Å². The maximum Gasteiger partial charge on any atom is 0.188 e. The van der Waals surface area contributed by atoms with Gasteiger partial charge in [0.15, 0.2) is 11.1 Å². The summed E-state index contributed by atoms with van der Waals surface area (Å²) in [5.41, 5.74) is 0.940. The van der Waals surface area contributed by atoms with E-state index < -0.39 is 0 Å². The first-order valence-corrected chi connectivity index (χ1v) is 5.51. The van der Waals surface area contributed by atoms with Crippen LogP contribution < -0.4 is 5.49 Å². The number of rotatable bonds is 1. The second kappa shape index (κ2) is 3.85. The van der Waals surface area contributed by atoms with Gasteiger partial charge in [0.05, 0.1) is 5.69 Å². The van der Waals surface area contributed by atoms with Crippen molar-refractivity contribution in [3.63, 3.8) is 0 Å². The highest BCUT2D eigenvalue weighted by atomic mass is 35.5. The molecule has 7 heteroatoms. The molecule has 0 aliphatic carbocycles. The molecular formula is C11H8ClN5O. The van der Waals surface area contributed by atoms with Crippen molar-refractivity contribution in [2.24, 2.45) is 0 Å². The zero-order valence-electron chi connectivity index (χ0n) is 9.08. The summed E-state index contributed by atoms with van der Waals surface area (Å²) in [5, 5.41) is 21.9. The van der Waals surface area contributed by atoms with Crippen LogP contribution in [0.3, 0.4) is 0 Å². The number of fused-ring (bicyclic) bond motifs is 1. The Morgan fingerprint density at radius 1 is 1.22 bits per heavy atom. The minimum atomic E-state index is -0.146. The molecule has 0 bridgehead atoms. The largest absolute Gasteiger partial charge is 0.425 e. The highest BCUT2D eigenvalue weighted by Crippen LogP contribution is 2.21. The van der Waals surface area contributed by atoms with Gasteiger partial charge >= 0.3 is 0 Å². The van der Waals surface area contributed by atoms with Crippen LogP contribution in [0.25, 0.3) is 16.7 Å². The molecule has 0 aliphatic heterocycles. The Morgan fingerprint density at radius 3 is 2.67 bits per heavy atom. The molecular weight excluding hydrogens is 254 g/mol. The molecule has 0 aliphatic rings. The third-order valence-corrected chi connectivity index (χ3v) is 2.92. The number of hydrogen-bond acceptors (Lipinski definition) is 4. The van der Waals surface area contributed by atoms with E-state index in [1.54, 1.807) is 0 Å². The molecule has 18 heavy (non-hydrogen) atoms. The van der Waals surface area contributed by atoms with Crippen molar-refractivity contribution in [2.75, 3.05) is 0 Å². The quantitative estimate of drug-likeness (QED) is 0.653. The maximum absolute atomic E-state index is 9.39. The van der Waals surface area contributed by atoms with Gasteiger partial charge in [0.25, 0.3) is 0 Å². The van der Waals surface area contributed by atoms with Gasteiger partial charge in [-0.25, -0.2) is 9.67 Å². The smallest absolute Gasteiger partial charge is 0.188 e. The summed E-state index contributed by atoms with van der Waals surface area (Å²) >= 11 is 6.18. The van der Waals surface area contributed by atoms with Crippen molar-refractivity contribution in [1.29, 1.82) is 5.41 Å². The highest BCUT2D eigenvalue weighted by Gasteiger charge is 2.14. The number of hydrogen-bond donors (Lipinski definition) is 2. The Morgan fingerprint density at radius 2 is 1.94 bits per heavy atom. The predicted molar refractivity (Wildman–Crippen MR) is 64.9 cm³/mol. The van der Waals surface area contributed by atoms with Crippen LogP contribution in [-0.4, -0.2) is 24.7 Å². The van der Waals surface area contributed by atoms with E-state index in [0.717, 1.165) is 12.0 Å². The van der Waals surface area contributed by atoms with Crippen molar-refractivity contribution < 1.29 is 5.21 Å². The SMILES string of the molecule is N=c1c2c(Cl)n(-c3ccccc3)nc2ncn1O. The van der Waals surface area contributed by atoms with Gasteiger partial charge in [-0.1, -0.05) is 29.8 Å². The van der Waals surface area contributed by atoms with Gasteiger partial charge in [-0.2, -0.15) is 4.73 Å². The lowest BCUT2D eigenvalue weighted by Crippen LogP contribution is -2.17. The van der Waals surface area contributed by atoms with Crippen LogP contribution in [0.1, 0.15) is 0 Å². The first-order chi connectivity index (χ1) is 8.68. The Hall–Kier alpha value is -2.34. The Bertz CT molecular complexity index is 777. The van der Waals surface area contributed by atoms with Crippen molar-refractivity contribution in [3.8, 4) is 5.69 Å². The summed E-state index contributed by atoms with van der Waals surface area (Å²) in [6, 6.07) is 9.29. The summed E-state index contributed by atoms with van der Waals surface area (Å²) in [6.45, 7) is 0. The Labute approximate surface area is 106 Å². The normalized spacial score (nSPS) is 10.9. The lowest BCUT2D eigenvalue weighted by Gasteiger charge is -2.01. The number of nitrogens with zero attached hydrogens (tertiary/aromatic N) is 4. The number of halogens is 1. The fourth-order valence-corrected chi connectivity index (χ4v) is 2.01. The second-order valence-electron chi connectivity index (χ2n) is 3.67. The second-order valence-corrected chi connectivity index (χ2v) is 4.03. The molecule has 6 nitrogen and oxygen atoms in total. The third-order valence-electron chi connectivity index (χ3n) is 2.57. The average molecular weight is 262 g/mol. The molecule has 0 saturated carbocycles. The van der Waals surface area contributed by atoms with Crippen LogP contribution in [0, 0.1) is 5.41 Å². The first-order valence-electron chi connectivity index (χ1n) is 5.13. The van der Waals surface area contributed by atoms with Crippen molar-refractivity contribution in [3.05, 3.63) is 47.3 Å². The van der Waals surface area contributed by atoms with Crippen LogP contribution in [0.15, 0.2) is 36.7 Å². The van der Waals surface area contributed by atoms with Crippen LogP contribution >= 0.6 is 11.6 Å². The lowest BCUT2D eigenvalue weighted by atomic mass is 10.3. The molecule has 3 rings (SSSR count).